The Bertz CT molecular complexity index is 3120. The van der Waals surface area contributed by atoms with E-state index in [0.717, 1.165) is 17.1 Å². The van der Waals surface area contributed by atoms with E-state index in [9.17, 15) is 0 Å². The summed E-state index contributed by atoms with van der Waals surface area (Å²) in [5.74, 6) is 0. The summed E-state index contributed by atoms with van der Waals surface area (Å²) in [6.07, 6.45) is 0. The fourth-order valence-electron chi connectivity index (χ4n) is 10.8. The van der Waals surface area contributed by atoms with E-state index in [1.54, 1.807) is 0 Å². The zero-order valence-corrected chi connectivity index (χ0v) is 33.2. The van der Waals surface area contributed by atoms with Crippen LogP contribution in [0, 0.1) is 0 Å². The van der Waals surface area contributed by atoms with Crippen molar-refractivity contribution < 1.29 is 0 Å². The molecule has 3 aliphatic carbocycles. The van der Waals surface area contributed by atoms with Crippen molar-refractivity contribution in [2.45, 2.75) is 24.7 Å². The van der Waals surface area contributed by atoms with Crippen LogP contribution in [0.4, 0.5) is 17.1 Å². The van der Waals surface area contributed by atoms with Gasteiger partial charge in [-0.1, -0.05) is 184 Å². The van der Waals surface area contributed by atoms with E-state index in [1.165, 1.54) is 89.0 Å². The number of nitrogens with zero attached hydrogens (tertiary/aromatic N) is 1. The van der Waals surface area contributed by atoms with Gasteiger partial charge in [0.2, 0.25) is 0 Å². The highest BCUT2D eigenvalue weighted by atomic mass is 15.1. The topological polar surface area (TPSA) is 3.24 Å². The quantitative estimate of drug-likeness (QED) is 0.169. The first-order chi connectivity index (χ1) is 29.0. The predicted octanol–water partition coefficient (Wildman–Crippen LogP) is 15.1. The fourth-order valence-corrected chi connectivity index (χ4v) is 10.8. The summed E-state index contributed by atoms with van der Waals surface area (Å²) in [5.41, 5.74) is 23.6. The number of benzene rings is 9. The largest absolute Gasteiger partial charge is 0.310 e. The van der Waals surface area contributed by atoms with E-state index in [4.69, 9.17) is 0 Å². The molecule has 0 aliphatic heterocycles. The highest BCUT2D eigenvalue weighted by Crippen LogP contribution is 2.64. The predicted molar refractivity (Wildman–Crippen MR) is 246 cm³/mol. The molecule has 0 fully saturated rings. The van der Waals surface area contributed by atoms with Gasteiger partial charge in [0.05, 0.1) is 5.41 Å². The van der Waals surface area contributed by atoms with Crippen LogP contribution in [0.25, 0.3) is 55.6 Å². The molecule has 1 atom stereocenters. The second-order valence-electron chi connectivity index (χ2n) is 16.8. The van der Waals surface area contributed by atoms with Gasteiger partial charge in [-0.05, 0) is 131 Å². The van der Waals surface area contributed by atoms with E-state index in [1.807, 2.05) is 0 Å². The van der Waals surface area contributed by atoms with Gasteiger partial charge in [-0.3, -0.25) is 0 Å². The van der Waals surface area contributed by atoms with Gasteiger partial charge < -0.3 is 4.90 Å². The van der Waals surface area contributed by atoms with Crippen LogP contribution in [0.15, 0.2) is 212 Å². The molecular formula is C58H41N. The third kappa shape index (κ3) is 4.79. The minimum atomic E-state index is -0.488. The Balaban J connectivity index is 1.12. The van der Waals surface area contributed by atoms with Crippen molar-refractivity contribution in [2.24, 2.45) is 0 Å². The minimum Gasteiger partial charge on any atom is -0.310 e. The Morgan fingerprint density at radius 1 is 0.271 bits per heavy atom. The number of hydrogen-bond acceptors (Lipinski definition) is 1. The molecule has 0 aromatic heterocycles. The molecule has 1 nitrogen and oxygen atoms in total. The summed E-state index contributed by atoms with van der Waals surface area (Å²) in [6, 6.07) is 79.3. The van der Waals surface area contributed by atoms with Gasteiger partial charge in [-0.15, -0.1) is 0 Å². The van der Waals surface area contributed by atoms with Gasteiger partial charge in [0, 0.05) is 22.5 Å². The molecule has 3 aliphatic rings. The Kier molecular flexibility index (Phi) is 7.26. The molecule has 0 radical (unpaired) electrons. The molecule has 1 spiro atoms. The van der Waals surface area contributed by atoms with Crippen LogP contribution in [0.3, 0.4) is 0 Å². The third-order valence-electron chi connectivity index (χ3n) is 13.5. The molecule has 278 valence electrons. The number of anilines is 3. The lowest BCUT2D eigenvalue weighted by molar-refractivity contribution is 0.660. The summed E-state index contributed by atoms with van der Waals surface area (Å²) < 4.78 is 0. The van der Waals surface area contributed by atoms with Crippen LogP contribution >= 0.6 is 0 Å². The van der Waals surface area contributed by atoms with Gasteiger partial charge in [0.1, 0.15) is 0 Å². The van der Waals surface area contributed by atoms with Crippen molar-refractivity contribution in [3.63, 3.8) is 0 Å². The first kappa shape index (κ1) is 33.9. The molecule has 1 unspecified atom stereocenters. The van der Waals surface area contributed by atoms with Crippen molar-refractivity contribution in [1.82, 2.24) is 0 Å². The van der Waals surface area contributed by atoms with Crippen molar-refractivity contribution in [3.05, 3.63) is 246 Å². The van der Waals surface area contributed by atoms with Crippen LogP contribution in [-0.4, -0.2) is 0 Å². The Labute approximate surface area is 346 Å². The van der Waals surface area contributed by atoms with Crippen molar-refractivity contribution in [1.29, 1.82) is 0 Å². The van der Waals surface area contributed by atoms with Gasteiger partial charge in [-0.2, -0.15) is 0 Å². The van der Waals surface area contributed by atoms with Crippen LogP contribution in [0.5, 0.6) is 0 Å². The highest BCUT2D eigenvalue weighted by Gasteiger charge is 2.52. The number of hydrogen-bond donors (Lipinski definition) is 0. The lowest BCUT2D eigenvalue weighted by Gasteiger charge is -2.33. The smallest absolute Gasteiger partial charge is 0.0726 e. The lowest BCUT2D eigenvalue weighted by atomic mass is 9.70. The van der Waals surface area contributed by atoms with Gasteiger partial charge in [0.25, 0.3) is 0 Å². The normalized spacial score (nSPS) is 15.8. The van der Waals surface area contributed by atoms with Crippen LogP contribution in [0.2, 0.25) is 0 Å². The second kappa shape index (κ2) is 12.6. The average molecular weight is 752 g/mol. The van der Waals surface area contributed by atoms with E-state index in [0.29, 0.717) is 0 Å². The van der Waals surface area contributed by atoms with Crippen LogP contribution in [-0.2, 0) is 10.8 Å². The standard InChI is InChI=1S/C58H41N/c1-57(2)51-25-12-9-22-45(51)48-32-29-43(36-54(48)57)59(42-21-15-20-40(34-42)38-16-5-3-6-17-38)44-30-33-50-47-24-11-14-27-53(47)58(56(50)37-44)52-26-13-10-23-46(52)49-31-28-41(35-55(49)58)39-18-7-4-8-19-39/h3-37H,1-2H3. The highest BCUT2D eigenvalue weighted by molar-refractivity contribution is 5.97. The summed E-state index contributed by atoms with van der Waals surface area (Å²) >= 11 is 0. The van der Waals surface area contributed by atoms with E-state index in [2.05, 4.69) is 231 Å². The van der Waals surface area contributed by atoms with E-state index in [-0.39, 0.29) is 5.41 Å². The molecule has 0 saturated heterocycles. The van der Waals surface area contributed by atoms with Crippen molar-refractivity contribution in [2.75, 3.05) is 4.90 Å². The van der Waals surface area contributed by atoms with Crippen molar-refractivity contribution in [3.8, 4) is 55.6 Å². The second-order valence-corrected chi connectivity index (χ2v) is 16.8. The maximum atomic E-state index is 2.51. The maximum Gasteiger partial charge on any atom is 0.0726 e. The zero-order chi connectivity index (χ0) is 39.3. The third-order valence-corrected chi connectivity index (χ3v) is 13.5. The van der Waals surface area contributed by atoms with Gasteiger partial charge >= 0.3 is 0 Å². The molecule has 0 N–H and O–H groups in total. The van der Waals surface area contributed by atoms with Gasteiger partial charge in [-0.25, -0.2) is 0 Å². The molecule has 59 heavy (non-hydrogen) atoms. The molecule has 0 saturated carbocycles. The Morgan fingerprint density at radius 3 is 1.29 bits per heavy atom. The van der Waals surface area contributed by atoms with Crippen LogP contribution < -0.4 is 4.90 Å². The average Bonchev–Trinajstić information content (AvgIpc) is 3.85. The fraction of sp³-hybridized carbons (Fsp3) is 0.0690. The minimum absolute atomic E-state index is 0.128. The molecular weight excluding hydrogens is 711 g/mol. The summed E-state index contributed by atoms with van der Waals surface area (Å²) in [6.45, 7) is 4.74. The summed E-state index contributed by atoms with van der Waals surface area (Å²) in [7, 11) is 0. The molecule has 12 rings (SSSR count). The Morgan fingerprint density at radius 2 is 0.678 bits per heavy atom. The first-order valence-corrected chi connectivity index (χ1v) is 20.8. The Hall–Kier alpha value is -7.22. The summed E-state index contributed by atoms with van der Waals surface area (Å²) in [5, 5.41) is 0. The molecule has 1 heteroatoms. The molecule has 9 aromatic rings. The lowest BCUT2D eigenvalue weighted by Crippen LogP contribution is -2.26. The number of rotatable bonds is 5. The molecule has 0 bridgehead atoms. The molecule has 0 amide bonds. The van der Waals surface area contributed by atoms with E-state index < -0.39 is 5.41 Å². The molecule has 9 aromatic carbocycles. The first-order valence-electron chi connectivity index (χ1n) is 20.8. The monoisotopic (exact) mass is 751 g/mol. The maximum absolute atomic E-state index is 2.51. The summed E-state index contributed by atoms with van der Waals surface area (Å²) in [4.78, 5) is 2.49. The van der Waals surface area contributed by atoms with Crippen molar-refractivity contribution >= 4 is 17.1 Å². The van der Waals surface area contributed by atoms with Gasteiger partial charge in [0.15, 0.2) is 0 Å². The molecule has 0 heterocycles. The van der Waals surface area contributed by atoms with E-state index >= 15 is 0 Å². The number of fused-ring (bicyclic) bond motifs is 13. The van der Waals surface area contributed by atoms with Crippen LogP contribution in [0.1, 0.15) is 47.2 Å². The SMILES string of the molecule is CC1(C)c2ccccc2-c2ccc(N(c3cccc(-c4ccccc4)c3)c3ccc4c(c3)C3(c5ccccc5-c5ccc(-c6ccccc6)cc53)c3ccccc3-4)cc21. The zero-order valence-electron chi connectivity index (χ0n) is 33.2.